The summed E-state index contributed by atoms with van der Waals surface area (Å²) in [6, 6.07) is 20.4. The van der Waals surface area contributed by atoms with Gasteiger partial charge < -0.3 is 19.2 Å². The van der Waals surface area contributed by atoms with Crippen LogP contribution in [0.5, 0.6) is 5.75 Å². The number of rotatable bonds is 7. The number of fused-ring (bicyclic) bond motifs is 1. The summed E-state index contributed by atoms with van der Waals surface area (Å²) in [5, 5.41) is 3.76. The fourth-order valence-corrected chi connectivity index (χ4v) is 3.74. The highest BCUT2D eigenvalue weighted by molar-refractivity contribution is 6.05. The van der Waals surface area contributed by atoms with E-state index in [0.29, 0.717) is 29.2 Å². The summed E-state index contributed by atoms with van der Waals surface area (Å²) in [6.07, 6.45) is 3.27. The van der Waals surface area contributed by atoms with Gasteiger partial charge in [0.1, 0.15) is 11.3 Å². The molecule has 172 valence electrons. The number of nitrogens with one attached hydrogen (secondary N) is 1. The van der Waals surface area contributed by atoms with Gasteiger partial charge in [0.15, 0.2) is 0 Å². The molecule has 0 bridgehead atoms. The number of furan rings is 1. The molecule has 1 N–H and O–H groups in total. The van der Waals surface area contributed by atoms with Crippen LogP contribution < -0.4 is 10.1 Å². The molecule has 0 aliphatic heterocycles. The molecule has 3 aromatic carbocycles. The molecule has 0 aliphatic carbocycles. The summed E-state index contributed by atoms with van der Waals surface area (Å²) in [5.41, 5.74) is 5.28. The second-order valence-electron chi connectivity index (χ2n) is 7.68. The number of esters is 1. The molecule has 0 unspecified atom stereocenters. The average Bonchev–Trinajstić information content (AvgIpc) is 3.27. The predicted octanol–water partition coefficient (Wildman–Crippen LogP) is 6.33. The molecule has 0 saturated heterocycles. The second-order valence-corrected chi connectivity index (χ2v) is 7.68. The van der Waals surface area contributed by atoms with Crippen LogP contribution >= 0.6 is 0 Å². The molecule has 0 radical (unpaired) electrons. The van der Waals surface area contributed by atoms with Crippen LogP contribution in [-0.4, -0.2) is 25.6 Å². The van der Waals surface area contributed by atoms with E-state index < -0.39 is 5.97 Å². The fraction of sp³-hybridized carbons (Fsp3) is 0.143. The first-order valence-electron chi connectivity index (χ1n) is 10.9. The van der Waals surface area contributed by atoms with Gasteiger partial charge in [-0.2, -0.15) is 0 Å². The molecular weight excluding hydrogens is 430 g/mol. The van der Waals surface area contributed by atoms with E-state index in [1.165, 1.54) is 13.2 Å². The number of hydrogen-bond donors (Lipinski definition) is 1. The molecule has 0 saturated carbocycles. The number of ether oxygens (including phenoxy) is 2. The summed E-state index contributed by atoms with van der Waals surface area (Å²) in [4.78, 5) is 24.3. The van der Waals surface area contributed by atoms with Crippen LogP contribution in [0.1, 0.15) is 29.8 Å². The van der Waals surface area contributed by atoms with E-state index in [2.05, 4.69) is 5.32 Å². The molecule has 34 heavy (non-hydrogen) atoms. The van der Waals surface area contributed by atoms with E-state index in [1.807, 2.05) is 56.3 Å². The molecule has 4 rings (SSSR count). The normalized spacial score (nSPS) is 11.3. The lowest BCUT2D eigenvalue weighted by Gasteiger charge is -2.12. The first-order chi connectivity index (χ1) is 16.5. The van der Waals surface area contributed by atoms with Crippen LogP contribution in [-0.2, 0) is 9.53 Å². The third-order valence-electron chi connectivity index (χ3n) is 5.41. The van der Waals surface area contributed by atoms with Crippen molar-refractivity contribution in [2.45, 2.75) is 13.8 Å². The van der Waals surface area contributed by atoms with Gasteiger partial charge in [0.25, 0.3) is 0 Å². The number of allylic oxidation sites excluding steroid dienone is 1. The van der Waals surface area contributed by atoms with Crippen molar-refractivity contribution in [3.05, 3.63) is 90.2 Å². The van der Waals surface area contributed by atoms with Gasteiger partial charge in [-0.3, -0.25) is 4.79 Å². The Hall–Kier alpha value is -4.32. The molecule has 0 aliphatic rings. The van der Waals surface area contributed by atoms with E-state index in [0.717, 1.165) is 27.6 Å². The molecule has 0 fully saturated rings. The zero-order valence-corrected chi connectivity index (χ0v) is 19.3. The average molecular weight is 456 g/mol. The molecule has 0 atom stereocenters. The Bertz CT molecular complexity index is 1350. The zero-order valence-electron chi connectivity index (χ0n) is 19.3. The van der Waals surface area contributed by atoms with Crippen molar-refractivity contribution in [2.24, 2.45) is 0 Å². The minimum atomic E-state index is -0.429. The molecule has 1 amide bonds. The third-order valence-corrected chi connectivity index (χ3v) is 5.41. The lowest BCUT2D eigenvalue weighted by Crippen LogP contribution is -2.09. The van der Waals surface area contributed by atoms with Gasteiger partial charge in [-0.1, -0.05) is 30.3 Å². The first kappa shape index (κ1) is 22.9. The second kappa shape index (κ2) is 10.1. The van der Waals surface area contributed by atoms with Crippen LogP contribution in [0, 0.1) is 0 Å². The Labute approximate surface area is 197 Å². The fourth-order valence-electron chi connectivity index (χ4n) is 3.74. The van der Waals surface area contributed by atoms with Gasteiger partial charge in [-0.05, 0) is 55.3 Å². The maximum Gasteiger partial charge on any atom is 0.337 e. The van der Waals surface area contributed by atoms with E-state index >= 15 is 0 Å². The minimum Gasteiger partial charge on any atom is -0.493 e. The van der Waals surface area contributed by atoms with Gasteiger partial charge in [-0.15, -0.1) is 0 Å². The number of anilines is 1. The van der Waals surface area contributed by atoms with E-state index in [-0.39, 0.29) is 5.91 Å². The standard InChI is InChI=1S/C28H25NO5/c1-4-33-25-16-26-23(24(17-34-26)19-8-6-5-7-9-19)15-22(25)18(2)14-27(30)29-21-12-10-20(11-13-21)28(31)32-3/h5-17H,4H2,1-3H3,(H,29,30)/b18-14+. The number of carbonyl (C=O) groups excluding carboxylic acids is 2. The Morgan fingerprint density at radius 3 is 2.44 bits per heavy atom. The third kappa shape index (κ3) is 4.86. The van der Waals surface area contributed by atoms with E-state index in [1.54, 1.807) is 30.5 Å². The van der Waals surface area contributed by atoms with E-state index in [9.17, 15) is 9.59 Å². The number of amides is 1. The van der Waals surface area contributed by atoms with Crippen molar-refractivity contribution in [3.63, 3.8) is 0 Å². The topological polar surface area (TPSA) is 77.8 Å². The van der Waals surface area contributed by atoms with Crippen molar-refractivity contribution in [1.82, 2.24) is 0 Å². The van der Waals surface area contributed by atoms with Crippen LogP contribution in [0.3, 0.4) is 0 Å². The number of benzene rings is 3. The zero-order chi connectivity index (χ0) is 24.1. The van der Waals surface area contributed by atoms with Crippen LogP contribution in [0.25, 0.3) is 27.7 Å². The Kier molecular flexibility index (Phi) is 6.78. The highest BCUT2D eigenvalue weighted by Gasteiger charge is 2.15. The van der Waals surface area contributed by atoms with Crippen molar-refractivity contribution < 1.29 is 23.5 Å². The molecule has 6 nitrogen and oxygen atoms in total. The summed E-state index contributed by atoms with van der Waals surface area (Å²) in [7, 11) is 1.33. The monoisotopic (exact) mass is 455 g/mol. The van der Waals surface area contributed by atoms with Crippen LogP contribution in [0.4, 0.5) is 5.69 Å². The van der Waals surface area contributed by atoms with Crippen LogP contribution in [0.2, 0.25) is 0 Å². The van der Waals surface area contributed by atoms with Gasteiger partial charge in [0, 0.05) is 34.3 Å². The Balaban J connectivity index is 1.64. The maximum absolute atomic E-state index is 12.7. The molecule has 6 heteroatoms. The van der Waals surface area contributed by atoms with Crippen molar-refractivity contribution in [3.8, 4) is 16.9 Å². The number of hydrogen-bond acceptors (Lipinski definition) is 5. The first-order valence-corrected chi connectivity index (χ1v) is 10.9. The number of carbonyl (C=O) groups is 2. The Morgan fingerprint density at radius 1 is 1.03 bits per heavy atom. The van der Waals surface area contributed by atoms with Crippen molar-refractivity contribution in [2.75, 3.05) is 19.0 Å². The molecule has 4 aromatic rings. The molecular formula is C28H25NO5. The molecule has 1 heterocycles. The van der Waals surface area contributed by atoms with Gasteiger partial charge >= 0.3 is 5.97 Å². The summed E-state index contributed by atoms with van der Waals surface area (Å²) in [5.74, 6) is -0.0733. The summed E-state index contributed by atoms with van der Waals surface area (Å²) >= 11 is 0. The summed E-state index contributed by atoms with van der Waals surface area (Å²) < 4.78 is 16.4. The maximum atomic E-state index is 12.7. The van der Waals surface area contributed by atoms with Gasteiger partial charge in [0.05, 0.1) is 25.5 Å². The lowest BCUT2D eigenvalue weighted by atomic mass is 9.99. The minimum absolute atomic E-state index is 0.290. The molecule has 0 spiro atoms. The van der Waals surface area contributed by atoms with Gasteiger partial charge in [0.2, 0.25) is 5.91 Å². The SMILES string of the molecule is CCOc1cc2occ(-c3ccccc3)c2cc1/C(C)=C/C(=O)Nc1ccc(C(=O)OC)cc1. The number of methoxy groups -OCH3 is 1. The van der Waals surface area contributed by atoms with E-state index in [4.69, 9.17) is 13.9 Å². The highest BCUT2D eigenvalue weighted by atomic mass is 16.5. The lowest BCUT2D eigenvalue weighted by molar-refractivity contribution is -0.111. The van der Waals surface area contributed by atoms with Gasteiger partial charge in [-0.25, -0.2) is 4.79 Å². The predicted molar refractivity (Wildman–Crippen MR) is 133 cm³/mol. The molecule has 1 aromatic heterocycles. The smallest absolute Gasteiger partial charge is 0.337 e. The Morgan fingerprint density at radius 2 is 1.76 bits per heavy atom. The van der Waals surface area contributed by atoms with Crippen LogP contribution in [0.15, 0.2) is 83.5 Å². The largest absolute Gasteiger partial charge is 0.493 e. The van der Waals surface area contributed by atoms with Crippen molar-refractivity contribution >= 4 is 34.1 Å². The quantitative estimate of drug-likeness (QED) is 0.260. The highest BCUT2D eigenvalue weighted by Crippen LogP contribution is 2.37. The van der Waals surface area contributed by atoms with Crippen molar-refractivity contribution in [1.29, 1.82) is 0 Å². The summed E-state index contributed by atoms with van der Waals surface area (Å²) in [6.45, 7) is 4.26.